The fraction of sp³-hybridized carbons (Fsp3) is 0.526. The van der Waals surface area contributed by atoms with E-state index in [4.69, 9.17) is 4.98 Å². The first-order valence-corrected chi connectivity index (χ1v) is 11.8. The highest BCUT2D eigenvalue weighted by Crippen LogP contribution is 2.27. The van der Waals surface area contributed by atoms with E-state index in [9.17, 15) is 13.5 Å². The number of rotatable bonds is 6. The van der Waals surface area contributed by atoms with Crippen molar-refractivity contribution in [3.8, 4) is 10.6 Å². The summed E-state index contributed by atoms with van der Waals surface area (Å²) in [5, 5.41) is 12.3. The Morgan fingerprint density at radius 1 is 1.23 bits per heavy atom. The first kappa shape index (κ1) is 19.5. The van der Waals surface area contributed by atoms with E-state index >= 15 is 0 Å². The maximum Gasteiger partial charge on any atom is 0.175 e. The van der Waals surface area contributed by atoms with Crippen LogP contribution in [0.1, 0.15) is 37.8 Å². The van der Waals surface area contributed by atoms with Crippen molar-refractivity contribution in [3.05, 3.63) is 35.3 Å². The number of sulfone groups is 1. The number of aliphatic hydroxyl groups is 1. The minimum Gasteiger partial charge on any atom is -0.396 e. The van der Waals surface area contributed by atoms with Crippen LogP contribution in [0.4, 0.5) is 0 Å². The maximum absolute atomic E-state index is 11.6. The van der Waals surface area contributed by atoms with Crippen molar-refractivity contribution in [1.29, 1.82) is 0 Å². The van der Waals surface area contributed by atoms with E-state index in [2.05, 4.69) is 10.3 Å². The first-order valence-electron chi connectivity index (χ1n) is 9.07. The highest BCUT2D eigenvalue weighted by Gasteiger charge is 2.21. The van der Waals surface area contributed by atoms with Gasteiger partial charge in [0.1, 0.15) is 5.01 Å². The fourth-order valence-corrected chi connectivity index (χ4v) is 4.93. The van der Waals surface area contributed by atoms with Gasteiger partial charge in [0, 0.05) is 36.4 Å². The number of benzene rings is 1. The van der Waals surface area contributed by atoms with E-state index < -0.39 is 9.84 Å². The van der Waals surface area contributed by atoms with E-state index in [1.54, 1.807) is 23.5 Å². The number of nitrogens with zero attached hydrogens (tertiary/aromatic N) is 2. The molecule has 7 heteroatoms. The van der Waals surface area contributed by atoms with Gasteiger partial charge in [-0.15, -0.1) is 11.3 Å². The molecule has 1 atom stereocenters. The van der Waals surface area contributed by atoms with Gasteiger partial charge in [-0.3, -0.25) is 4.90 Å². The molecular weight excluding hydrogens is 368 g/mol. The Morgan fingerprint density at radius 3 is 2.69 bits per heavy atom. The first-order chi connectivity index (χ1) is 12.5. The van der Waals surface area contributed by atoms with Gasteiger partial charge in [-0.2, -0.15) is 0 Å². The second kappa shape index (κ2) is 8.61. The zero-order valence-corrected chi connectivity index (χ0v) is 16.7. The summed E-state index contributed by atoms with van der Waals surface area (Å²) >= 11 is 1.59. The van der Waals surface area contributed by atoms with E-state index in [1.807, 2.05) is 12.1 Å². The largest absolute Gasteiger partial charge is 0.396 e. The molecule has 0 spiro atoms. The van der Waals surface area contributed by atoms with Crippen LogP contribution in [-0.4, -0.2) is 48.9 Å². The van der Waals surface area contributed by atoms with Crippen LogP contribution in [0.3, 0.4) is 0 Å². The lowest BCUT2D eigenvalue weighted by Gasteiger charge is -2.28. The molecule has 5 nitrogen and oxygen atoms in total. The average Bonchev–Trinajstić information content (AvgIpc) is 2.97. The molecule has 1 N–H and O–H groups in total. The van der Waals surface area contributed by atoms with Crippen LogP contribution in [-0.2, 0) is 16.4 Å². The summed E-state index contributed by atoms with van der Waals surface area (Å²) in [5.41, 5.74) is 1.98. The lowest BCUT2D eigenvalue weighted by atomic mass is 10.1. The highest BCUT2D eigenvalue weighted by molar-refractivity contribution is 7.90. The van der Waals surface area contributed by atoms with Gasteiger partial charge in [0.25, 0.3) is 0 Å². The predicted octanol–water partition coefficient (Wildman–Crippen LogP) is 3.34. The molecule has 2 heterocycles. The maximum atomic E-state index is 11.6. The van der Waals surface area contributed by atoms with Crippen LogP contribution in [0.2, 0.25) is 0 Å². The number of thiazole rings is 1. The summed E-state index contributed by atoms with van der Waals surface area (Å²) < 4.78 is 23.2. The quantitative estimate of drug-likeness (QED) is 0.814. The highest BCUT2D eigenvalue weighted by atomic mass is 32.2. The second-order valence-electron chi connectivity index (χ2n) is 6.93. The van der Waals surface area contributed by atoms with Crippen LogP contribution in [0.5, 0.6) is 0 Å². The molecule has 1 saturated heterocycles. The molecular formula is C19H26N2O3S2. The summed E-state index contributed by atoms with van der Waals surface area (Å²) in [7, 11) is -3.17. The van der Waals surface area contributed by atoms with Crippen LogP contribution in [0.25, 0.3) is 10.6 Å². The van der Waals surface area contributed by atoms with Crippen LogP contribution in [0.15, 0.2) is 34.5 Å². The Kier molecular flexibility index (Phi) is 6.45. The Morgan fingerprint density at radius 2 is 2.00 bits per heavy atom. The molecule has 0 aliphatic carbocycles. The van der Waals surface area contributed by atoms with Crippen molar-refractivity contribution in [3.63, 3.8) is 0 Å². The van der Waals surface area contributed by atoms with Gasteiger partial charge >= 0.3 is 0 Å². The van der Waals surface area contributed by atoms with E-state index in [1.165, 1.54) is 25.5 Å². The molecule has 0 amide bonds. The fourth-order valence-electron chi connectivity index (χ4n) is 3.49. The molecule has 142 valence electrons. The summed E-state index contributed by atoms with van der Waals surface area (Å²) in [5.74, 6) is 0. The SMILES string of the molecule is CS(=O)(=O)c1ccc(-c2nc(CN3CCCCC[C@@H]3CCO)cs2)cc1. The number of hydrogen-bond donors (Lipinski definition) is 1. The van der Waals surface area contributed by atoms with Gasteiger partial charge in [-0.05, 0) is 37.9 Å². The van der Waals surface area contributed by atoms with Crippen molar-refractivity contribution >= 4 is 21.2 Å². The molecule has 0 saturated carbocycles. The molecule has 0 radical (unpaired) electrons. The lowest BCUT2D eigenvalue weighted by Crippen LogP contribution is -2.35. The normalized spacial score (nSPS) is 19.4. The molecule has 1 aromatic heterocycles. The van der Waals surface area contributed by atoms with Crippen molar-refractivity contribution in [1.82, 2.24) is 9.88 Å². The third-order valence-corrected chi connectivity index (χ3v) is 6.98. The number of hydrogen-bond acceptors (Lipinski definition) is 6. The minimum atomic E-state index is -3.17. The number of aromatic nitrogens is 1. The van der Waals surface area contributed by atoms with Gasteiger partial charge in [0.05, 0.1) is 10.6 Å². The predicted molar refractivity (Wildman–Crippen MR) is 105 cm³/mol. The molecule has 1 aromatic carbocycles. The van der Waals surface area contributed by atoms with Crippen molar-refractivity contribution < 1.29 is 13.5 Å². The van der Waals surface area contributed by atoms with E-state index in [0.717, 1.165) is 42.2 Å². The molecule has 1 aliphatic rings. The molecule has 1 aliphatic heterocycles. The molecule has 0 bridgehead atoms. The summed E-state index contributed by atoms with van der Waals surface area (Å²) in [6, 6.07) is 7.34. The zero-order valence-electron chi connectivity index (χ0n) is 15.1. The third-order valence-electron chi connectivity index (χ3n) is 4.91. The van der Waals surface area contributed by atoms with Gasteiger partial charge in [0.2, 0.25) is 0 Å². The van der Waals surface area contributed by atoms with Crippen molar-refractivity contribution in [2.45, 2.75) is 49.6 Å². The van der Waals surface area contributed by atoms with Crippen molar-refractivity contribution in [2.24, 2.45) is 0 Å². The monoisotopic (exact) mass is 394 g/mol. The Labute approximate surface area is 159 Å². The zero-order chi connectivity index (χ0) is 18.6. The van der Waals surface area contributed by atoms with Crippen LogP contribution < -0.4 is 0 Å². The standard InChI is InChI=1S/C19H26N2O3S2/c1-26(23,24)18-8-6-15(7-9-18)19-20-16(14-25-19)13-21-11-4-2-3-5-17(21)10-12-22/h6-9,14,17,22H,2-5,10-13H2,1H3/t17-/m1/s1. The van der Waals surface area contributed by atoms with Gasteiger partial charge < -0.3 is 5.11 Å². The van der Waals surface area contributed by atoms with Gasteiger partial charge in [-0.25, -0.2) is 13.4 Å². The molecule has 0 unspecified atom stereocenters. The summed E-state index contributed by atoms with van der Waals surface area (Å²) in [6.07, 6.45) is 6.87. The third kappa shape index (κ3) is 4.91. The number of aliphatic hydroxyl groups excluding tert-OH is 1. The van der Waals surface area contributed by atoms with Gasteiger partial charge in [-0.1, -0.05) is 25.0 Å². The average molecular weight is 395 g/mol. The van der Waals surface area contributed by atoms with E-state index in [0.29, 0.717) is 10.9 Å². The number of likely N-dealkylation sites (tertiary alicyclic amines) is 1. The molecule has 2 aromatic rings. The van der Waals surface area contributed by atoms with Crippen LogP contribution in [0, 0.1) is 0 Å². The second-order valence-corrected chi connectivity index (χ2v) is 9.80. The molecule has 3 rings (SSSR count). The van der Waals surface area contributed by atoms with Gasteiger partial charge in [0.15, 0.2) is 9.84 Å². The Hall–Kier alpha value is -1.28. The summed E-state index contributed by atoms with van der Waals surface area (Å²) in [6.45, 7) is 2.10. The smallest absolute Gasteiger partial charge is 0.175 e. The summed E-state index contributed by atoms with van der Waals surface area (Å²) in [4.78, 5) is 7.54. The van der Waals surface area contributed by atoms with Crippen molar-refractivity contribution in [2.75, 3.05) is 19.4 Å². The topological polar surface area (TPSA) is 70.5 Å². The Balaban J connectivity index is 1.72. The lowest BCUT2D eigenvalue weighted by molar-refractivity contribution is 0.150. The van der Waals surface area contributed by atoms with Crippen LogP contribution >= 0.6 is 11.3 Å². The van der Waals surface area contributed by atoms with E-state index in [-0.39, 0.29) is 6.61 Å². The molecule has 26 heavy (non-hydrogen) atoms. The minimum absolute atomic E-state index is 0.232. The molecule has 1 fully saturated rings. The Bertz CT molecular complexity index is 816.